The third-order valence-corrected chi connectivity index (χ3v) is 6.20. The first kappa shape index (κ1) is 20.1. The third kappa shape index (κ3) is 3.68. The van der Waals surface area contributed by atoms with Crippen LogP contribution in [0.2, 0.25) is 0 Å². The van der Waals surface area contributed by atoms with Crippen molar-refractivity contribution < 1.29 is 23.9 Å². The maximum Gasteiger partial charge on any atom is 0.326 e. The topological polar surface area (TPSA) is 129 Å². The molecule has 0 aromatic rings. The van der Waals surface area contributed by atoms with Gasteiger partial charge >= 0.3 is 12.0 Å². The van der Waals surface area contributed by atoms with E-state index in [1.54, 1.807) is 0 Å². The van der Waals surface area contributed by atoms with Gasteiger partial charge in [0.05, 0.1) is 6.07 Å². The molecule has 152 valence electrons. The van der Waals surface area contributed by atoms with Crippen LogP contribution in [0.15, 0.2) is 0 Å². The zero-order valence-electron chi connectivity index (χ0n) is 16.1. The molecule has 9 nitrogen and oxygen atoms in total. The zero-order chi connectivity index (χ0) is 20.4. The van der Waals surface area contributed by atoms with Crippen LogP contribution in [0.1, 0.15) is 58.3 Å². The van der Waals surface area contributed by atoms with Gasteiger partial charge in [-0.2, -0.15) is 5.26 Å². The number of hydrogen-bond donors (Lipinski definition) is 2. The Morgan fingerprint density at radius 2 is 1.93 bits per heavy atom. The predicted octanol–water partition coefficient (Wildman–Crippen LogP) is 0.983. The van der Waals surface area contributed by atoms with Crippen LogP contribution in [0, 0.1) is 17.2 Å². The highest BCUT2D eigenvalue weighted by atomic mass is 16.5. The van der Waals surface area contributed by atoms with Crippen LogP contribution in [-0.4, -0.2) is 52.9 Å². The summed E-state index contributed by atoms with van der Waals surface area (Å²) in [6, 6.07) is 1.52. The molecule has 28 heavy (non-hydrogen) atoms. The molecule has 9 heteroatoms. The Hall–Kier alpha value is -2.63. The Balaban J connectivity index is 1.52. The first-order valence-corrected chi connectivity index (χ1v) is 9.84. The van der Waals surface area contributed by atoms with Crippen LogP contribution >= 0.6 is 0 Å². The van der Waals surface area contributed by atoms with E-state index >= 15 is 0 Å². The molecule has 1 saturated heterocycles. The molecule has 0 aromatic heterocycles. The van der Waals surface area contributed by atoms with E-state index in [1.807, 2.05) is 6.92 Å². The summed E-state index contributed by atoms with van der Waals surface area (Å²) in [5.74, 6) is -1.80. The average Bonchev–Trinajstić information content (AvgIpc) is 3.22. The molecule has 4 amide bonds. The number of esters is 1. The van der Waals surface area contributed by atoms with Crippen molar-refractivity contribution in [3.8, 4) is 6.07 Å². The Morgan fingerprint density at radius 1 is 1.25 bits per heavy atom. The number of nitrogens with zero attached hydrogens (tertiary/aromatic N) is 2. The molecule has 0 aromatic carbocycles. The monoisotopic (exact) mass is 390 g/mol. The molecule has 0 radical (unpaired) electrons. The summed E-state index contributed by atoms with van der Waals surface area (Å²) in [6.45, 7) is 0.848. The van der Waals surface area contributed by atoms with E-state index in [9.17, 15) is 24.4 Å². The minimum absolute atomic E-state index is 0.00178. The van der Waals surface area contributed by atoms with Gasteiger partial charge in [0, 0.05) is 0 Å². The zero-order valence-corrected chi connectivity index (χ0v) is 16.1. The van der Waals surface area contributed by atoms with Gasteiger partial charge in [-0.1, -0.05) is 19.8 Å². The lowest BCUT2D eigenvalue weighted by atomic mass is 9.73. The van der Waals surface area contributed by atoms with Crippen LogP contribution in [0.5, 0.6) is 0 Å². The van der Waals surface area contributed by atoms with Gasteiger partial charge in [-0.15, -0.1) is 0 Å². The molecule has 1 spiro atoms. The van der Waals surface area contributed by atoms with Gasteiger partial charge in [0.25, 0.3) is 11.8 Å². The molecule has 3 aliphatic rings. The van der Waals surface area contributed by atoms with Crippen LogP contribution < -0.4 is 10.6 Å². The second-order valence-electron chi connectivity index (χ2n) is 8.05. The molecule has 0 unspecified atom stereocenters. The van der Waals surface area contributed by atoms with Gasteiger partial charge < -0.3 is 15.4 Å². The minimum atomic E-state index is -0.936. The number of carbonyl (C=O) groups excluding carboxylic acids is 4. The van der Waals surface area contributed by atoms with E-state index in [-0.39, 0.29) is 5.92 Å². The molecule has 2 saturated carbocycles. The summed E-state index contributed by atoms with van der Waals surface area (Å²) >= 11 is 0. The number of urea groups is 1. The summed E-state index contributed by atoms with van der Waals surface area (Å²) in [7, 11) is 0. The maximum absolute atomic E-state index is 12.8. The second kappa shape index (κ2) is 7.78. The first-order valence-electron chi connectivity index (χ1n) is 9.84. The largest absolute Gasteiger partial charge is 0.454 e. The van der Waals surface area contributed by atoms with Gasteiger partial charge in [-0.05, 0) is 44.4 Å². The van der Waals surface area contributed by atoms with Crippen molar-refractivity contribution in [1.82, 2.24) is 15.5 Å². The van der Waals surface area contributed by atoms with Gasteiger partial charge in [0.2, 0.25) is 0 Å². The van der Waals surface area contributed by atoms with Crippen molar-refractivity contribution in [2.75, 3.05) is 13.2 Å². The molecule has 1 heterocycles. The first-order chi connectivity index (χ1) is 13.3. The molecule has 2 atom stereocenters. The fourth-order valence-electron chi connectivity index (χ4n) is 4.51. The molecular weight excluding hydrogens is 364 g/mol. The number of carbonyl (C=O) groups is 4. The summed E-state index contributed by atoms with van der Waals surface area (Å²) in [6.07, 6.45) is 6.12. The Bertz CT molecular complexity index is 724. The summed E-state index contributed by atoms with van der Waals surface area (Å²) in [5.41, 5.74) is -1.83. The molecule has 0 bridgehead atoms. The normalized spacial score (nSPS) is 28.7. The summed E-state index contributed by atoms with van der Waals surface area (Å²) in [5, 5.41) is 14.7. The smallest absolute Gasteiger partial charge is 0.326 e. The number of ether oxygens (including phenoxy) is 1. The lowest BCUT2D eigenvalue weighted by molar-refractivity contribution is -0.151. The fourth-order valence-corrected chi connectivity index (χ4v) is 4.51. The van der Waals surface area contributed by atoms with E-state index in [0.717, 1.165) is 37.0 Å². The van der Waals surface area contributed by atoms with Crippen molar-refractivity contribution in [2.45, 2.75) is 69.4 Å². The molecule has 1 aliphatic heterocycles. The minimum Gasteiger partial charge on any atom is -0.454 e. The van der Waals surface area contributed by atoms with Crippen LogP contribution in [0.3, 0.4) is 0 Å². The molecular formula is C19H26N4O5. The van der Waals surface area contributed by atoms with Crippen LogP contribution in [0.25, 0.3) is 0 Å². The highest BCUT2D eigenvalue weighted by Gasteiger charge is 2.55. The summed E-state index contributed by atoms with van der Waals surface area (Å²) < 4.78 is 4.93. The SMILES string of the molecule is C[C@H]1CCCC[C@]12NC(=O)N(CC(=O)OCC(=O)NC1(C#N)CCCC1)C2=O. The number of nitriles is 1. The van der Waals surface area contributed by atoms with Crippen molar-refractivity contribution in [1.29, 1.82) is 5.26 Å². The highest BCUT2D eigenvalue weighted by molar-refractivity contribution is 6.09. The van der Waals surface area contributed by atoms with Crippen LogP contribution in [0.4, 0.5) is 4.79 Å². The van der Waals surface area contributed by atoms with Crippen molar-refractivity contribution in [2.24, 2.45) is 5.92 Å². The van der Waals surface area contributed by atoms with Gasteiger partial charge in [-0.25, -0.2) is 4.79 Å². The highest BCUT2D eigenvalue weighted by Crippen LogP contribution is 2.38. The number of nitrogens with one attached hydrogen (secondary N) is 2. The lowest BCUT2D eigenvalue weighted by Crippen LogP contribution is -2.54. The van der Waals surface area contributed by atoms with E-state index in [1.165, 1.54) is 0 Å². The lowest BCUT2D eigenvalue weighted by Gasteiger charge is -2.36. The van der Waals surface area contributed by atoms with Crippen molar-refractivity contribution in [3.63, 3.8) is 0 Å². The van der Waals surface area contributed by atoms with Crippen LogP contribution in [-0.2, 0) is 19.1 Å². The molecule has 2 N–H and O–H groups in total. The van der Waals surface area contributed by atoms with Gasteiger partial charge in [0.1, 0.15) is 17.6 Å². The summed E-state index contributed by atoms with van der Waals surface area (Å²) in [4.78, 5) is 50.0. The number of hydrogen-bond acceptors (Lipinski definition) is 6. The molecule has 3 fully saturated rings. The van der Waals surface area contributed by atoms with E-state index in [4.69, 9.17) is 4.74 Å². The van der Waals surface area contributed by atoms with E-state index in [2.05, 4.69) is 16.7 Å². The quantitative estimate of drug-likeness (QED) is 0.532. The fraction of sp³-hybridized carbons (Fsp3) is 0.737. The van der Waals surface area contributed by atoms with Gasteiger partial charge in [0.15, 0.2) is 6.61 Å². The maximum atomic E-state index is 12.8. The number of rotatable bonds is 5. The molecule has 3 rings (SSSR count). The van der Waals surface area contributed by atoms with E-state index in [0.29, 0.717) is 19.3 Å². The second-order valence-corrected chi connectivity index (χ2v) is 8.05. The van der Waals surface area contributed by atoms with Crippen molar-refractivity contribution in [3.05, 3.63) is 0 Å². The molecule has 2 aliphatic carbocycles. The Labute approximate surface area is 163 Å². The third-order valence-electron chi connectivity index (χ3n) is 6.20. The Kier molecular flexibility index (Phi) is 5.59. The van der Waals surface area contributed by atoms with Gasteiger partial charge in [-0.3, -0.25) is 19.3 Å². The number of imide groups is 1. The van der Waals surface area contributed by atoms with E-state index < -0.39 is 48.0 Å². The number of amides is 4. The average molecular weight is 390 g/mol. The predicted molar refractivity (Wildman–Crippen MR) is 96.5 cm³/mol. The van der Waals surface area contributed by atoms with Crippen molar-refractivity contribution >= 4 is 23.8 Å². The Morgan fingerprint density at radius 3 is 2.57 bits per heavy atom. The standard InChI is InChI=1S/C19H26N4O5/c1-13-6-2-3-9-19(13)16(26)23(17(27)22-19)10-15(25)28-11-14(24)21-18(12-20)7-4-5-8-18/h13H,2-11H2,1H3,(H,21,24)(H,22,27)/t13-,19-/m0/s1.